The van der Waals surface area contributed by atoms with Crippen molar-refractivity contribution in [1.29, 1.82) is 0 Å². The van der Waals surface area contributed by atoms with Crippen molar-refractivity contribution in [2.45, 2.75) is 24.9 Å². The minimum atomic E-state index is -3.53. The second kappa shape index (κ2) is 6.09. The maximum atomic E-state index is 12.5. The first-order chi connectivity index (χ1) is 9.45. The average molecular weight is 314 g/mol. The summed E-state index contributed by atoms with van der Waals surface area (Å²) >= 11 is 1.55. The number of nitrogens with one attached hydrogen (secondary N) is 1. The monoisotopic (exact) mass is 314 g/mol. The number of hydrogen-bond acceptors (Lipinski definition) is 5. The third-order valence-corrected chi connectivity index (χ3v) is 5.59. The van der Waals surface area contributed by atoms with Crippen LogP contribution in [0, 0.1) is 6.92 Å². The van der Waals surface area contributed by atoms with Crippen LogP contribution in [-0.4, -0.2) is 26.8 Å². The number of rotatable bonds is 6. The molecular formula is C13H18N2O3S2. The maximum Gasteiger partial charge on any atom is 0.246 e. The molecule has 0 aromatic carbocycles. The second-order valence-corrected chi connectivity index (χ2v) is 7.35. The summed E-state index contributed by atoms with van der Waals surface area (Å²) in [6.07, 6.45) is 0. The Morgan fingerprint density at radius 3 is 2.80 bits per heavy atom. The van der Waals surface area contributed by atoms with Gasteiger partial charge in [0, 0.05) is 19.7 Å². The molecule has 1 N–H and O–H groups in total. The first kappa shape index (κ1) is 15.2. The van der Waals surface area contributed by atoms with Gasteiger partial charge in [0.2, 0.25) is 10.0 Å². The van der Waals surface area contributed by atoms with Crippen LogP contribution >= 0.6 is 11.3 Å². The minimum Gasteiger partial charge on any atom is -0.464 e. The van der Waals surface area contributed by atoms with Crippen LogP contribution < -0.4 is 5.32 Å². The van der Waals surface area contributed by atoms with Gasteiger partial charge in [-0.2, -0.15) is 15.6 Å². The molecule has 0 saturated carbocycles. The van der Waals surface area contributed by atoms with E-state index in [4.69, 9.17) is 4.42 Å². The molecule has 20 heavy (non-hydrogen) atoms. The van der Waals surface area contributed by atoms with Crippen LogP contribution in [-0.2, 0) is 23.1 Å². The fourth-order valence-electron chi connectivity index (χ4n) is 1.93. The molecule has 0 spiro atoms. The van der Waals surface area contributed by atoms with Crippen molar-refractivity contribution in [3.63, 3.8) is 0 Å². The van der Waals surface area contributed by atoms with Crippen LogP contribution in [0.3, 0.4) is 0 Å². The lowest BCUT2D eigenvalue weighted by atomic mass is 10.3. The Kier molecular flexibility index (Phi) is 4.64. The van der Waals surface area contributed by atoms with Crippen molar-refractivity contribution < 1.29 is 12.8 Å². The Hall–Kier alpha value is -1.15. The van der Waals surface area contributed by atoms with Crippen molar-refractivity contribution in [2.75, 3.05) is 14.1 Å². The second-order valence-electron chi connectivity index (χ2n) is 4.56. The fraction of sp³-hybridized carbons (Fsp3) is 0.385. The summed E-state index contributed by atoms with van der Waals surface area (Å²) < 4.78 is 31.9. The van der Waals surface area contributed by atoms with Crippen LogP contribution in [0.2, 0.25) is 0 Å². The van der Waals surface area contributed by atoms with Gasteiger partial charge < -0.3 is 9.73 Å². The van der Waals surface area contributed by atoms with Crippen molar-refractivity contribution >= 4 is 21.4 Å². The SMILES string of the molecule is CNCc1cc(S(=O)(=O)N(C)Cc2ccsc2)c(C)o1. The highest BCUT2D eigenvalue weighted by molar-refractivity contribution is 7.89. The van der Waals surface area contributed by atoms with E-state index < -0.39 is 10.0 Å². The third kappa shape index (κ3) is 3.12. The van der Waals surface area contributed by atoms with Crippen molar-refractivity contribution in [3.8, 4) is 0 Å². The first-order valence-electron chi connectivity index (χ1n) is 6.16. The summed E-state index contributed by atoms with van der Waals surface area (Å²) in [7, 11) is -0.160. The number of hydrogen-bond donors (Lipinski definition) is 1. The van der Waals surface area contributed by atoms with E-state index in [0.717, 1.165) is 5.56 Å². The zero-order chi connectivity index (χ0) is 14.8. The van der Waals surface area contributed by atoms with E-state index in [-0.39, 0.29) is 4.90 Å². The van der Waals surface area contributed by atoms with Crippen LogP contribution in [0.25, 0.3) is 0 Å². The highest BCUT2D eigenvalue weighted by Crippen LogP contribution is 2.24. The summed E-state index contributed by atoms with van der Waals surface area (Å²) in [5, 5.41) is 6.82. The molecule has 2 aromatic heterocycles. The molecule has 0 saturated heterocycles. The van der Waals surface area contributed by atoms with Crippen LogP contribution in [0.4, 0.5) is 0 Å². The van der Waals surface area contributed by atoms with E-state index in [1.165, 1.54) is 4.31 Å². The quantitative estimate of drug-likeness (QED) is 0.888. The van der Waals surface area contributed by atoms with E-state index in [9.17, 15) is 8.42 Å². The van der Waals surface area contributed by atoms with E-state index in [2.05, 4.69) is 5.32 Å². The van der Waals surface area contributed by atoms with Crippen molar-refractivity contribution in [1.82, 2.24) is 9.62 Å². The lowest BCUT2D eigenvalue weighted by Crippen LogP contribution is -2.26. The number of thiophene rings is 1. The molecule has 2 heterocycles. The maximum absolute atomic E-state index is 12.5. The summed E-state index contributed by atoms with van der Waals surface area (Å²) in [6, 6.07) is 3.51. The molecule has 0 aliphatic carbocycles. The fourth-order valence-corrected chi connectivity index (χ4v) is 3.93. The predicted molar refractivity (Wildman–Crippen MR) is 79.2 cm³/mol. The molecule has 110 valence electrons. The Labute approximate surface area is 123 Å². The topological polar surface area (TPSA) is 62.6 Å². The van der Waals surface area contributed by atoms with Gasteiger partial charge in [0.25, 0.3) is 0 Å². The molecule has 0 unspecified atom stereocenters. The Morgan fingerprint density at radius 1 is 1.45 bits per heavy atom. The molecule has 5 nitrogen and oxygen atoms in total. The first-order valence-corrected chi connectivity index (χ1v) is 8.54. The van der Waals surface area contributed by atoms with Gasteiger partial charge in [-0.05, 0) is 36.4 Å². The van der Waals surface area contributed by atoms with Gasteiger partial charge >= 0.3 is 0 Å². The zero-order valence-corrected chi connectivity index (χ0v) is 13.3. The van der Waals surface area contributed by atoms with Gasteiger partial charge in [0.1, 0.15) is 16.4 Å². The predicted octanol–water partition coefficient (Wildman–Crippen LogP) is 2.19. The van der Waals surface area contributed by atoms with Crippen molar-refractivity contribution in [2.24, 2.45) is 0 Å². The van der Waals surface area contributed by atoms with E-state index in [0.29, 0.717) is 24.6 Å². The molecule has 2 aromatic rings. The molecule has 0 radical (unpaired) electrons. The van der Waals surface area contributed by atoms with Gasteiger partial charge in [-0.15, -0.1) is 0 Å². The van der Waals surface area contributed by atoms with Gasteiger partial charge in [0.15, 0.2) is 0 Å². The normalized spacial score (nSPS) is 12.2. The standard InChI is InChI=1S/C13H18N2O3S2/c1-10-13(6-12(18-10)7-14-2)20(16,17)15(3)8-11-4-5-19-9-11/h4-6,9,14H,7-8H2,1-3H3. The highest BCUT2D eigenvalue weighted by Gasteiger charge is 2.26. The molecular weight excluding hydrogens is 296 g/mol. The Bertz CT molecular complexity index is 660. The van der Waals surface area contributed by atoms with Crippen LogP contribution in [0.15, 0.2) is 32.2 Å². The van der Waals surface area contributed by atoms with Crippen molar-refractivity contribution in [3.05, 3.63) is 40.0 Å². The molecule has 2 rings (SSSR count). The molecule has 0 aliphatic heterocycles. The van der Waals surface area contributed by atoms with E-state index in [1.54, 1.807) is 38.4 Å². The summed E-state index contributed by atoms with van der Waals surface area (Å²) in [6.45, 7) is 2.53. The number of aryl methyl sites for hydroxylation is 1. The molecule has 0 atom stereocenters. The van der Waals surface area contributed by atoms with E-state index in [1.807, 2.05) is 16.8 Å². The third-order valence-electron chi connectivity index (χ3n) is 2.95. The number of furan rings is 1. The van der Waals surface area contributed by atoms with Crippen LogP contribution in [0.5, 0.6) is 0 Å². The van der Waals surface area contributed by atoms with Gasteiger partial charge in [0.05, 0.1) is 6.54 Å². The summed E-state index contributed by atoms with van der Waals surface area (Å²) in [5.41, 5.74) is 0.984. The smallest absolute Gasteiger partial charge is 0.246 e. The van der Waals surface area contributed by atoms with Gasteiger partial charge in [-0.3, -0.25) is 0 Å². The number of nitrogens with zero attached hydrogens (tertiary/aromatic N) is 1. The molecule has 0 aliphatic rings. The van der Waals surface area contributed by atoms with Gasteiger partial charge in [-0.1, -0.05) is 0 Å². The minimum absolute atomic E-state index is 0.237. The highest BCUT2D eigenvalue weighted by atomic mass is 32.2. The lowest BCUT2D eigenvalue weighted by Gasteiger charge is -2.15. The summed E-state index contributed by atoms with van der Waals surface area (Å²) in [4.78, 5) is 0.237. The molecule has 7 heteroatoms. The van der Waals surface area contributed by atoms with Gasteiger partial charge in [-0.25, -0.2) is 8.42 Å². The molecule has 0 amide bonds. The Morgan fingerprint density at radius 2 is 2.20 bits per heavy atom. The average Bonchev–Trinajstić information content (AvgIpc) is 2.99. The molecule has 0 fully saturated rings. The van der Waals surface area contributed by atoms with Crippen LogP contribution in [0.1, 0.15) is 17.1 Å². The molecule has 0 bridgehead atoms. The lowest BCUT2D eigenvalue weighted by molar-refractivity contribution is 0.452. The zero-order valence-electron chi connectivity index (χ0n) is 11.7. The number of sulfonamides is 1. The van der Waals surface area contributed by atoms with E-state index >= 15 is 0 Å². The summed E-state index contributed by atoms with van der Waals surface area (Å²) in [5.74, 6) is 1.04. The largest absolute Gasteiger partial charge is 0.464 e. The Balaban J connectivity index is 2.25.